The molecule has 0 fully saturated rings. The maximum absolute atomic E-state index is 11.5. The number of nitrogens with zero attached hydrogens (tertiary/aromatic N) is 2. The Morgan fingerprint density at radius 2 is 1.89 bits per heavy atom. The van der Waals surface area contributed by atoms with Crippen molar-refractivity contribution in [1.29, 1.82) is 0 Å². The Kier molecular flexibility index (Phi) is 4.47. The van der Waals surface area contributed by atoms with E-state index in [1.54, 1.807) is 18.2 Å². The van der Waals surface area contributed by atoms with E-state index < -0.39 is 0 Å². The van der Waals surface area contributed by atoms with E-state index in [9.17, 15) is 4.79 Å². The lowest BCUT2D eigenvalue weighted by Gasteiger charge is -2.04. The summed E-state index contributed by atoms with van der Waals surface area (Å²) in [7, 11) is 0. The first-order valence-electron chi connectivity index (χ1n) is 5.52. The van der Waals surface area contributed by atoms with Gasteiger partial charge in [0, 0.05) is 6.08 Å². The van der Waals surface area contributed by atoms with E-state index in [4.69, 9.17) is 11.6 Å². The van der Waals surface area contributed by atoms with Gasteiger partial charge < -0.3 is 0 Å². The number of hydrogen-bond donors (Lipinski definition) is 2. The fourth-order valence-electron chi connectivity index (χ4n) is 1.29. The van der Waals surface area contributed by atoms with Gasteiger partial charge in [0.05, 0.1) is 0 Å². The molecule has 1 amide bonds. The predicted octanol–water partition coefficient (Wildman–Crippen LogP) is 2.29. The molecule has 96 valence electrons. The van der Waals surface area contributed by atoms with Crippen LogP contribution in [0.2, 0.25) is 5.15 Å². The molecule has 0 atom stereocenters. The van der Waals surface area contributed by atoms with Gasteiger partial charge in [-0.05, 0) is 23.8 Å². The largest absolute Gasteiger partial charge is 0.280 e. The molecule has 0 saturated heterocycles. The van der Waals surface area contributed by atoms with Gasteiger partial charge in [0.25, 0.3) is 5.91 Å². The maximum Gasteiger partial charge on any atom is 0.262 e. The van der Waals surface area contributed by atoms with Crippen molar-refractivity contribution in [3.05, 3.63) is 59.3 Å². The lowest BCUT2D eigenvalue weighted by molar-refractivity contribution is -0.116. The molecule has 0 radical (unpaired) electrons. The smallest absolute Gasteiger partial charge is 0.262 e. The van der Waals surface area contributed by atoms with Crippen LogP contribution in [0.1, 0.15) is 5.56 Å². The third-order valence-electron chi connectivity index (χ3n) is 2.17. The molecule has 1 aromatic carbocycles. The highest BCUT2D eigenvalue weighted by Gasteiger charge is 1.97. The normalized spacial score (nSPS) is 10.4. The highest BCUT2D eigenvalue weighted by molar-refractivity contribution is 6.29. The minimum Gasteiger partial charge on any atom is -0.280 e. The summed E-state index contributed by atoms with van der Waals surface area (Å²) < 4.78 is 0. The minimum absolute atomic E-state index is 0.291. The van der Waals surface area contributed by atoms with Crippen molar-refractivity contribution in [3.63, 3.8) is 0 Å². The number of amides is 1. The quantitative estimate of drug-likeness (QED) is 0.663. The second-order valence-corrected chi connectivity index (χ2v) is 3.99. The maximum atomic E-state index is 11.5. The zero-order valence-electron chi connectivity index (χ0n) is 9.88. The van der Waals surface area contributed by atoms with Crippen LogP contribution < -0.4 is 10.9 Å². The van der Waals surface area contributed by atoms with Gasteiger partial charge in [-0.15, -0.1) is 10.2 Å². The SMILES string of the molecule is O=C(/C=C/c1ccccc1)NNc1ccc(Cl)nn1. The third kappa shape index (κ3) is 4.40. The van der Waals surface area contributed by atoms with Crippen molar-refractivity contribution in [2.75, 3.05) is 5.43 Å². The zero-order chi connectivity index (χ0) is 13.5. The van der Waals surface area contributed by atoms with Crippen LogP contribution in [0.15, 0.2) is 48.5 Å². The number of benzene rings is 1. The van der Waals surface area contributed by atoms with Crippen molar-refractivity contribution in [1.82, 2.24) is 15.6 Å². The molecule has 19 heavy (non-hydrogen) atoms. The lowest BCUT2D eigenvalue weighted by atomic mass is 10.2. The van der Waals surface area contributed by atoms with E-state index in [-0.39, 0.29) is 5.91 Å². The highest BCUT2D eigenvalue weighted by Crippen LogP contribution is 2.04. The summed E-state index contributed by atoms with van der Waals surface area (Å²) in [6.45, 7) is 0. The van der Waals surface area contributed by atoms with E-state index >= 15 is 0 Å². The van der Waals surface area contributed by atoms with Gasteiger partial charge in [-0.25, -0.2) is 0 Å². The summed E-state index contributed by atoms with van der Waals surface area (Å²) in [5, 5.41) is 7.66. The molecule has 6 heteroatoms. The average molecular weight is 275 g/mol. The van der Waals surface area contributed by atoms with Crippen LogP contribution in [0.4, 0.5) is 5.82 Å². The summed E-state index contributed by atoms with van der Waals surface area (Å²) in [5.41, 5.74) is 6.04. The molecule has 2 N–H and O–H groups in total. The molecule has 2 rings (SSSR count). The van der Waals surface area contributed by atoms with Crippen LogP contribution in [0.5, 0.6) is 0 Å². The van der Waals surface area contributed by atoms with Crippen molar-refractivity contribution in [2.24, 2.45) is 0 Å². The summed E-state index contributed by atoms with van der Waals surface area (Å²) in [5.74, 6) is 0.117. The van der Waals surface area contributed by atoms with Gasteiger partial charge in [-0.3, -0.25) is 15.6 Å². The van der Waals surface area contributed by atoms with E-state index in [2.05, 4.69) is 21.0 Å². The van der Waals surface area contributed by atoms with E-state index in [1.807, 2.05) is 30.3 Å². The number of nitrogens with one attached hydrogen (secondary N) is 2. The van der Waals surface area contributed by atoms with Crippen LogP contribution in [0.25, 0.3) is 6.08 Å². The molecule has 5 nitrogen and oxygen atoms in total. The first kappa shape index (κ1) is 13.0. The lowest BCUT2D eigenvalue weighted by Crippen LogP contribution is -2.28. The van der Waals surface area contributed by atoms with E-state index in [1.165, 1.54) is 6.08 Å². The predicted molar refractivity (Wildman–Crippen MR) is 74.3 cm³/mol. The number of aromatic nitrogens is 2. The molecule has 2 aromatic rings. The molecule has 0 unspecified atom stereocenters. The van der Waals surface area contributed by atoms with Crippen LogP contribution in [0, 0.1) is 0 Å². The number of hydrazine groups is 1. The van der Waals surface area contributed by atoms with Gasteiger partial charge >= 0.3 is 0 Å². The summed E-state index contributed by atoms with van der Waals surface area (Å²) in [6.07, 6.45) is 3.14. The van der Waals surface area contributed by atoms with Crippen LogP contribution in [-0.2, 0) is 4.79 Å². The van der Waals surface area contributed by atoms with Crippen LogP contribution in [-0.4, -0.2) is 16.1 Å². The molecule has 0 bridgehead atoms. The topological polar surface area (TPSA) is 66.9 Å². The van der Waals surface area contributed by atoms with Crippen molar-refractivity contribution >= 4 is 29.4 Å². The average Bonchev–Trinajstić information content (AvgIpc) is 2.45. The van der Waals surface area contributed by atoms with Gasteiger partial charge in [0.2, 0.25) is 0 Å². The number of halogens is 1. The molecule has 0 spiro atoms. The molecular formula is C13H11ClN4O. The summed E-state index contributed by atoms with van der Waals surface area (Å²) in [6, 6.07) is 12.7. The first-order valence-corrected chi connectivity index (χ1v) is 5.90. The molecule has 0 aliphatic rings. The number of carbonyl (C=O) groups excluding carboxylic acids is 1. The Balaban J connectivity index is 1.85. The van der Waals surface area contributed by atoms with Gasteiger partial charge in [0.1, 0.15) is 0 Å². The number of rotatable bonds is 4. The Labute approximate surface area is 115 Å². The van der Waals surface area contributed by atoms with E-state index in [0.717, 1.165) is 5.56 Å². The first-order chi connectivity index (χ1) is 9.24. The molecule has 0 saturated carbocycles. The Bertz CT molecular complexity index is 569. The number of anilines is 1. The molecule has 1 heterocycles. The van der Waals surface area contributed by atoms with Crippen molar-refractivity contribution < 1.29 is 4.79 Å². The number of hydrogen-bond acceptors (Lipinski definition) is 4. The second-order valence-electron chi connectivity index (χ2n) is 3.60. The molecule has 1 aromatic heterocycles. The van der Waals surface area contributed by atoms with Gasteiger partial charge in [-0.1, -0.05) is 41.9 Å². The fourth-order valence-corrected chi connectivity index (χ4v) is 1.39. The second kappa shape index (κ2) is 6.51. The van der Waals surface area contributed by atoms with Crippen LogP contribution >= 0.6 is 11.6 Å². The third-order valence-corrected chi connectivity index (χ3v) is 2.37. The Hall–Kier alpha value is -2.40. The number of carbonyl (C=O) groups is 1. The van der Waals surface area contributed by atoms with E-state index in [0.29, 0.717) is 11.0 Å². The molecule has 0 aliphatic carbocycles. The summed E-state index contributed by atoms with van der Waals surface area (Å²) in [4.78, 5) is 11.5. The molecule has 0 aliphatic heterocycles. The monoisotopic (exact) mass is 274 g/mol. The minimum atomic E-state index is -0.291. The molecular weight excluding hydrogens is 264 g/mol. The highest BCUT2D eigenvalue weighted by atomic mass is 35.5. The zero-order valence-corrected chi connectivity index (χ0v) is 10.6. The van der Waals surface area contributed by atoms with Gasteiger partial charge in [0.15, 0.2) is 11.0 Å². The van der Waals surface area contributed by atoms with Crippen molar-refractivity contribution in [2.45, 2.75) is 0 Å². The Morgan fingerprint density at radius 3 is 2.58 bits per heavy atom. The Morgan fingerprint density at radius 1 is 1.11 bits per heavy atom. The standard InChI is InChI=1S/C13H11ClN4O/c14-11-7-8-12(16-15-11)17-18-13(19)9-6-10-4-2-1-3-5-10/h1-9H,(H,16,17)(H,18,19)/b9-6+. The fraction of sp³-hybridized carbons (Fsp3) is 0. The summed E-state index contributed by atoms with van der Waals surface area (Å²) >= 11 is 5.59. The van der Waals surface area contributed by atoms with Gasteiger partial charge in [-0.2, -0.15) is 0 Å². The van der Waals surface area contributed by atoms with Crippen molar-refractivity contribution in [3.8, 4) is 0 Å². The van der Waals surface area contributed by atoms with Crippen LogP contribution in [0.3, 0.4) is 0 Å².